The van der Waals surface area contributed by atoms with Crippen molar-refractivity contribution in [2.45, 2.75) is 52.1 Å². The third kappa shape index (κ3) is 3.51. The Bertz CT molecular complexity index is 1420. The molecule has 0 radical (unpaired) electrons. The van der Waals surface area contributed by atoms with E-state index in [0.29, 0.717) is 28.9 Å². The van der Waals surface area contributed by atoms with Crippen LogP contribution in [-0.4, -0.2) is 51.0 Å². The van der Waals surface area contributed by atoms with Crippen molar-refractivity contribution < 1.29 is 4.42 Å². The Balaban J connectivity index is 1.27. The normalized spacial score (nSPS) is 20.0. The number of imidazole rings is 1. The molecule has 5 heterocycles. The Labute approximate surface area is 192 Å². The molecule has 33 heavy (non-hydrogen) atoms. The molecule has 2 aliphatic rings. The van der Waals surface area contributed by atoms with Gasteiger partial charge in [-0.3, -0.25) is 9.88 Å². The summed E-state index contributed by atoms with van der Waals surface area (Å²) < 4.78 is 7.68. The number of hydrogen-bond donors (Lipinski definition) is 0. The van der Waals surface area contributed by atoms with Crippen molar-refractivity contribution in [3.05, 3.63) is 58.5 Å². The monoisotopic (exact) mass is 443 g/mol. The Morgan fingerprint density at radius 1 is 1.06 bits per heavy atom. The van der Waals surface area contributed by atoms with Crippen LogP contribution in [0.1, 0.15) is 37.6 Å². The van der Waals surface area contributed by atoms with Gasteiger partial charge in [0.25, 0.3) is 0 Å². The van der Waals surface area contributed by atoms with Crippen LogP contribution in [0, 0.1) is 13.8 Å². The minimum atomic E-state index is -0.367. The molecule has 0 aliphatic carbocycles. The first-order valence-electron chi connectivity index (χ1n) is 11.9. The third-order valence-electron chi connectivity index (χ3n) is 7.27. The highest BCUT2D eigenvalue weighted by atomic mass is 16.4. The van der Waals surface area contributed by atoms with Gasteiger partial charge in [-0.15, -0.1) is 0 Å². The van der Waals surface area contributed by atoms with Crippen LogP contribution in [0.2, 0.25) is 0 Å². The third-order valence-corrected chi connectivity index (χ3v) is 7.27. The van der Waals surface area contributed by atoms with E-state index in [9.17, 15) is 4.79 Å². The summed E-state index contributed by atoms with van der Waals surface area (Å²) in [6.45, 7) is 9.51. The summed E-state index contributed by atoms with van der Waals surface area (Å²) >= 11 is 0. The van der Waals surface area contributed by atoms with Crippen molar-refractivity contribution in [1.29, 1.82) is 0 Å². The Kier molecular flexibility index (Phi) is 4.76. The predicted octanol–water partition coefficient (Wildman–Crippen LogP) is 4.18. The van der Waals surface area contributed by atoms with Gasteiger partial charge < -0.3 is 13.7 Å². The van der Waals surface area contributed by atoms with Crippen LogP contribution in [0.15, 0.2) is 45.9 Å². The van der Waals surface area contributed by atoms with Crippen LogP contribution in [0.3, 0.4) is 0 Å². The highest BCUT2D eigenvalue weighted by Crippen LogP contribution is 2.31. The molecule has 0 bridgehead atoms. The van der Waals surface area contributed by atoms with E-state index in [-0.39, 0.29) is 5.63 Å². The summed E-state index contributed by atoms with van der Waals surface area (Å²) in [5.74, 6) is 0. The lowest BCUT2D eigenvalue weighted by molar-refractivity contribution is 0.0876. The van der Waals surface area contributed by atoms with Crippen molar-refractivity contribution >= 4 is 22.3 Å². The maximum absolute atomic E-state index is 12.9. The van der Waals surface area contributed by atoms with Crippen molar-refractivity contribution in [2.75, 3.05) is 24.5 Å². The van der Waals surface area contributed by atoms with E-state index in [1.165, 1.54) is 25.8 Å². The first kappa shape index (κ1) is 20.4. The molecule has 1 atom stereocenters. The maximum Gasteiger partial charge on any atom is 0.345 e. The van der Waals surface area contributed by atoms with Crippen LogP contribution in [0.4, 0.5) is 5.69 Å². The van der Waals surface area contributed by atoms with Crippen LogP contribution in [0.5, 0.6) is 0 Å². The number of piperidine rings is 1. The maximum atomic E-state index is 12.9. The Morgan fingerprint density at radius 3 is 2.73 bits per heavy atom. The van der Waals surface area contributed by atoms with E-state index in [1.807, 2.05) is 48.8 Å². The molecule has 7 nitrogen and oxygen atoms in total. The topological polar surface area (TPSA) is 66.9 Å². The molecule has 0 amide bonds. The quantitative estimate of drug-likeness (QED) is 0.443. The fraction of sp³-hybridized carbons (Fsp3) is 0.423. The highest BCUT2D eigenvalue weighted by Gasteiger charge is 2.35. The number of likely N-dealkylation sites (tertiary alicyclic amines) is 1. The fourth-order valence-electron chi connectivity index (χ4n) is 5.45. The lowest BCUT2D eigenvalue weighted by Gasteiger charge is -2.50. The molecule has 4 aromatic rings. The lowest BCUT2D eigenvalue weighted by atomic mass is 9.97. The van der Waals surface area contributed by atoms with Gasteiger partial charge in [0, 0.05) is 54.7 Å². The van der Waals surface area contributed by atoms with Gasteiger partial charge in [-0.2, -0.15) is 0 Å². The number of aromatic nitrogens is 3. The van der Waals surface area contributed by atoms with Gasteiger partial charge in [0.05, 0.1) is 22.6 Å². The molecule has 0 saturated carbocycles. The van der Waals surface area contributed by atoms with Gasteiger partial charge in [0.1, 0.15) is 5.58 Å². The molecule has 3 aromatic heterocycles. The first-order valence-corrected chi connectivity index (χ1v) is 11.9. The number of nitrogens with zero attached hydrogens (tertiary/aromatic N) is 5. The predicted molar refractivity (Wildman–Crippen MR) is 130 cm³/mol. The zero-order valence-corrected chi connectivity index (χ0v) is 19.4. The first-order chi connectivity index (χ1) is 16.0. The molecule has 2 aliphatic heterocycles. The largest absolute Gasteiger partial charge is 0.422 e. The summed E-state index contributed by atoms with van der Waals surface area (Å²) in [6.07, 6.45) is 7.75. The molecule has 6 rings (SSSR count). The van der Waals surface area contributed by atoms with Gasteiger partial charge in [0.15, 0.2) is 5.65 Å². The summed E-state index contributed by atoms with van der Waals surface area (Å²) in [5, 5.41) is 0.901. The van der Waals surface area contributed by atoms with Gasteiger partial charge in [-0.1, -0.05) is 6.42 Å². The van der Waals surface area contributed by atoms with E-state index < -0.39 is 0 Å². The smallest absolute Gasteiger partial charge is 0.345 e. The summed E-state index contributed by atoms with van der Waals surface area (Å²) in [6, 6.07) is 9.36. The molecule has 2 saturated heterocycles. The molecule has 2 fully saturated rings. The lowest BCUT2D eigenvalue weighted by Crippen LogP contribution is -2.62. The second-order valence-electron chi connectivity index (χ2n) is 9.64. The minimum Gasteiger partial charge on any atom is -0.422 e. The second-order valence-corrected chi connectivity index (χ2v) is 9.64. The van der Waals surface area contributed by atoms with Crippen LogP contribution < -0.4 is 10.5 Å². The average Bonchev–Trinajstić information content (AvgIpc) is 3.17. The summed E-state index contributed by atoms with van der Waals surface area (Å²) in [4.78, 5) is 27.0. The van der Waals surface area contributed by atoms with Gasteiger partial charge in [-0.05, 0) is 58.4 Å². The van der Waals surface area contributed by atoms with E-state index >= 15 is 0 Å². The standard InChI is InChI=1S/C26H29N5O2/c1-16-12-30-15-23(28-25(30)18(3)27-16)22-10-19-7-8-20(11-24(19)33-26(22)32)29-13-21(14-29)31-9-5-4-6-17(31)2/h7-8,10-12,15,17,21H,4-6,9,13-14H2,1-3H3. The Hall–Kier alpha value is -3.19. The molecule has 0 N–H and O–H groups in total. The van der Waals surface area contributed by atoms with Gasteiger partial charge in [-0.25, -0.2) is 9.78 Å². The number of rotatable bonds is 3. The second kappa shape index (κ2) is 7.70. The molecular formula is C26H29N5O2. The van der Waals surface area contributed by atoms with Gasteiger partial charge >= 0.3 is 5.63 Å². The summed E-state index contributed by atoms with van der Waals surface area (Å²) in [5.41, 5.74) is 4.94. The number of anilines is 1. The van der Waals surface area contributed by atoms with E-state index in [1.54, 1.807) is 0 Å². The van der Waals surface area contributed by atoms with Crippen molar-refractivity contribution in [2.24, 2.45) is 0 Å². The van der Waals surface area contributed by atoms with Crippen LogP contribution in [0.25, 0.3) is 27.9 Å². The molecule has 1 unspecified atom stereocenters. The highest BCUT2D eigenvalue weighted by molar-refractivity contribution is 5.84. The van der Waals surface area contributed by atoms with Crippen molar-refractivity contribution in [1.82, 2.24) is 19.3 Å². The van der Waals surface area contributed by atoms with Crippen LogP contribution in [-0.2, 0) is 0 Å². The number of hydrogen-bond acceptors (Lipinski definition) is 6. The molecule has 170 valence electrons. The minimum absolute atomic E-state index is 0.367. The van der Waals surface area contributed by atoms with Gasteiger partial charge in [0.2, 0.25) is 0 Å². The average molecular weight is 444 g/mol. The van der Waals surface area contributed by atoms with Crippen molar-refractivity contribution in [3.8, 4) is 11.3 Å². The van der Waals surface area contributed by atoms with Crippen molar-refractivity contribution in [3.63, 3.8) is 0 Å². The number of benzene rings is 1. The number of fused-ring (bicyclic) bond motifs is 2. The van der Waals surface area contributed by atoms with E-state index in [4.69, 9.17) is 4.42 Å². The van der Waals surface area contributed by atoms with E-state index in [0.717, 1.165) is 41.2 Å². The molecule has 7 heteroatoms. The van der Waals surface area contributed by atoms with Crippen LogP contribution >= 0.6 is 0 Å². The molecule has 0 spiro atoms. The number of aryl methyl sites for hydroxylation is 2. The SMILES string of the molecule is Cc1cn2cc(-c3cc4ccc(N5CC(N6CCCCC6C)C5)cc4oc3=O)nc2c(C)n1. The summed E-state index contributed by atoms with van der Waals surface area (Å²) in [7, 11) is 0. The zero-order chi connectivity index (χ0) is 22.7. The zero-order valence-electron chi connectivity index (χ0n) is 19.4. The Morgan fingerprint density at radius 2 is 1.91 bits per heavy atom. The molecule has 1 aromatic carbocycles. The fourth-order valence-corrected chi connectivity index (χ4v) is 5.45. The molecular weight excluding hydrogens is 414 g/mol. The van der Waals surface area contributed by atoms with E-state index in [2.05, 4.69) is 32.8 Å².